The predicted molar refractivity (Wildman–Crippen MR) is 110 cm³/mol. The molecule has 3 rings (SSSR count). The van der Waals surface area contributed by atoms with Crippen LogP contribution in [0.1, 0.15) is 28.7 Å². The molecule has 0 radical (unpaired) electrons. The van der Waals surface area contributed by atoms with Crippen LogP contribution in [-0.2, 0) is 9.53 Å². The highest BCUT2D eigenvalue weighted by molar-refractivity contribution is 5.96. The van der Waals surface area contributed by atoms with Crippen molar-refractivity contribution < 1.29 is 19.1 Å². The Kier molecular flexibility index (Phi) is 6.29. The summed E-state index contributed by atoms with van der Waals surface area (Å²) in [5, 5.41) is 7.26. The summed E-state index contributed by atoms with van der Waals surface area (Å²) in [7, 11) is 0. The number of carbonyl (C=O) groups is 2. The van der Waals surface area contributed by atoms with Gasteiger partial charge in [0, 0.05) is 0 Å². The Morgan fingerprint density at radius 1 is 1.03 bits per heavy atom. The fourth-order valence-corrected chi connectivity index (χ4v) is 2.89. The summed E-state index contributed by atoms with van der Waals surface area (Å²) in [5.41, 5.74) is 3.33. The van der Waals surface area contributed by atoms with Crippen LogP contribution < -0.4 is 10.1 Å². The second-order valence-corrected chi connectivity index (χ2v) is 6.37. The summed E-state index contributed by atoms with van der Waals surface area (Å²) in [5.74, 6) is -0.331. The molecular formula is C22H23N3O4. The third kappa shape index (κ3) is 4.82. The lowest BCUT2D eigenvalue weighted by atomic mass is 10.2. The number of nitrogens with zero attached hydrogens (tertiary/aromatic N) is 2. The van der Waals surface area contributed by atoms with Crippen molar-refractivity contribution in [1.29, 1.82) is 0 Å². The van der Waals surface area contributed by atoms with E-state index in [1.807, 2.05) is 51.1 Å². The maximum absolute atomic E-state index is 12.3. The number of rotatable bonds is 7. The van der Waals surface area contributed by atoms with Gasteiger partial charge in [0.15, 0.2) is 6.61 Å². The molecule has 0 spiro atoms. The number of anilines is 1. The van der Waals surface area contributed by atoms with Gasteiger partial charge >= 0.3 is 5.97 Å². The van der Waals surface area contributed by atoms with E-state index in [9.17, 15) is 9.59 Å². The highest BCUT2D eigenvalue weighted by Crippen LogP contribution is 2.22. The van der Waals surface area contributed by atoms with Crippen LogP contribution in [0.3, 0.4) is 0 Å². The van der Waals surface area contributed by atoms with Gasteiger partial charge in [-0.15, -0.1) is 0 Å². The average Bonchev–Trinajstić information content (AvgIpc) is 3.01. The first kappa shape index (κ1) is 20.1. The van der Waals surface area contributed by atoms with Crippen LogP contribution >= 0.6 is 0 Å². The molecule has 1 aromatic heterocycles. The highest BCUT2D eigenvalue weighted by atomic mass is 16.5. The number of esters is 1. The minimum atomic E-state index is -0.573. The van der Waals surface area contributed by atoms with E-state index in [-0.39, 0.29) is 6.61 Å². The molecule has 0 atom stereocenters. The molecule has 0 saturated carbocycles. The molecule has 0 saturated heterocycles. The molecule has 7 nitrogen and oxygen atoms in total. The predicted octanol–water partition coefficient (Wildman–Crippen LogP) is 3.68. The molecule has 7 heteroatoms. The number of ether oxygens (including phenoxy) is 2. The third-order valence-corrected chi connectivity index (χ3v) is 4.29. The van der Waals surface area contributed by atoms with Crippen LogP contribution in [-0.4, -0.2) is 34.9 Å². The molecule has 0 aliphatic carbocycles. The van der Waals surface area contributed by atoms with Gasteiger partial charge in [0.1, 0.15) is 5.75 Å². The quantitative estimate of drug-likeness (QED) is 0.619. The van der Waals surface area contributed by atoms with E-state index in [1.54, 1.807) is 28.9 Å². The minimum Gasteiger partial charge on any atom is -0.494 e. The molecule has 0 aliphatic rings. The largest absolute Gasteiger partial charge is 0.494 e. The Balaban J connectivity index is 1.61. The zero-order chi connectivity index (χ0) is 20.8. The Labute approximate surface area is 169 Å². The maximum Gasteiger partial charge on any atom is 0.338 e. The molecular weight excluding hydrogens is 370 g/mol. The smallest absolute Gasteiger partial charge is 0.338 e. The van der Waals surface area contributed by atoms with Crippen LogP contribution in [0.5, 0.6) is 5.75 Å². The van der Waals surface area contributed by atoms with Crippen molar-refractivity contribution >= 4 is 17.6 Å². The fraction of sp³-hybridized carbons (Fsp3) is 0.227. The number of amides is 1. The summed E-state index contributed by atoms with van der Waals surface area (Å²) < 4.78 is 12.2. The van der Waals surface area contributed by atoms with E-state index in [4.69, 9.17) is 9.47 Å². The van der Waals surface area contributed by atoms with Crippen molar-refractivity contribution in [3.8, 4) is 11.4 Å². The second kappa shape index (κ2) is 9.05. The van der Waals surface area contributed by atoms with E-state index >= 15 is 0 Å². The van der Waals surface area contributed by atoms with Crippen LogP contribution in [0.25, 0.3) is 5.69 Å². The van der Waals surface area contributed by atoms with Crippen molar-refractivity contribution in [2.24, 2.45) is 0 Å². The SMILES string of the molecule is CCOc1ccc(C(=O)OCC(=O)Nc2c(C)nn(-c3ccccc3)c2C)cc1. The van der Waals surface area contributed by atoms with Gasteiger partial charge in [0.2, 0.25) is 0 Å². The topological polar surface area (TPSA) is 82.4 Å². The number of benzene rings is 2. The molecule has 150 valence electrons. The number of hydrogen-bond donors (Lipinski definition) is 1. The molecule has 3 aromatic rings. The fourth-order valence-electron chi connectivity index (χ4n) is 2.89. The zero-order valence-corrected chi connectivity index (χ0v) is 16.6. The lowest BCUT2D eigenvalue weighted by molar-refractivity contribution is -0.119. The maximum atomic E-state index is 12.3. The Morgan fingerprint density at radius 3 is 2.38 bits per heavy atom. The number of aryl methyl sites for hydroxylation is 1. The molecule has 29 heavy (non-hydrogen) atoms. The molecule has 0 aliphatic heterocycles. The second-order valence-electron chi connectivity index (χ2n) is 6.37. The summed E-state index contributed by atoms with van der Waals surface area (Å²) in [6.45, 7) is 5.72. The minimum absolute atomic E-state index is 0.352. The van der Waals surface area contributed by atoms with Gasteiger partial charge in [-0.1, -0.05) is 18.2 Å². The third-order valence-electron chi connectivity index (χ3n) is 4.29. The Bertz CT molecular complexity index is 995. The monoisotopic (exact) mass is 393 g/mol. The zero-order valence-electron chi connectivity index (χ0n) is 16.6. The Hall–Kier alpha value is -3.61. The Morgan fingerprint density at radius 2 is 1.72 bits per heavy atom. The van der Waals surface area contributed by atoms with Crippen LogP contribution in [0.2, 0.25) is 0 Å². The van der Waals surface area contributed by atoms with Gasteiger partial charge in [0.25, 0.3) is 5.91 Å². The van der Waals surface area contributed by atoms with Gasteiger partial charge < -0.3 is 14.8 Å². The van der Waals surface area contributed by atoms with Gasteiger partial charge in [-0.2, -0.15) is 5.10 Å². The standard InChI is InChI=1S/C22H23N3O4/c1-4-28-19-12-10-17(11-13-19)22(27)29-14-20(26)23-21-15(2)24-25(16(21)3)18-8-6-5-7-9-18/h5-13H,4,14H2,1-3H3,(H,23,26). The molecule has 1 heterocycles. The molecule has 1 amide bonds. The molecule has 1 N–H and O–H groups in total. The normalized spacial score (nSPS) is 10.4. The molecule has 0 fully saturated rings. The van der Waals surface area contributed by atoms with Gasteiger partial charge in [-0.05, 0) is 57.2 Å². The number of nitrogens with one attached hydrogen (secondary N) is 1. The number of carbonyl (C=O) groups excluding carboxylic acids is 2. The van der Waals surface area contributed by atoms with Crippen LogP contribution in [0, 0.1) is 13.8 Å². The van der Waals surface area contributed by atoms with Crippen molar-refractivity contribution in [2.75, 3.05) is 18.5 Å². The van der Waals surface area contributed by atoms with E-state index in [2.05, 4.69) is 10.4 Å². The summed E-state index contributed by atoms with van der Waals surface area (Å²) in [6.07, 6.45) is 0. The van der Waals surface area contributed by atoms with Crippen LogP contribution in [0.15, 0.2) is 54.6 Å². The van der Waals surface area contributed by atoms with Crippen molar-refractivity contribution in [1.82, 2.24) is 9.78 Å². The lowest BCUT2D eigenvalue weighted by Crippen LogP contribution is -2.21. The molecule has 2 aromatic carbocycles. The van der Waals surface area contributed by atoms with Gasteiger partial charge in [0.05, 0.1) is 34.9 Å². The van der Waals surface area contributed by atoms with Gasteiger partial charge in [-0.3, -0.25) is 4.79 Å². The van der Waals surface area contributed by atoms with E-state index < -0.39 is 11.9 Å². The summed E-state index contributed by atoms with van der Waals surface area (Å²) in [6, 6.07) is 16.2. The lowest BCUT2D eigenvalue weighted by Gasteiger charge is -2.08. The molecule has 0 bridgehead atoms. The van der Waals surface area contributed by atoms with E-state index in [0.29, 0.717) is 29.3 Å². The van der Waals surface area contributed by atoms with Gasteiger partial charge in [-0.25, -0.2) is 9.48 Å². The highest BCUT2D eigenvalue weighted by Gasteiger charge is 2.16. The first-order valence-electron chi connectivity index (χ1n) is 9.31. The number of hydrogen-bond acceptors (Lipinski definition) is 5. The summed E-state index contributed by atoms with van der Waals surface area (Å²) >= 11 is 0. The van der Waals surface area contributed by atoms with Crippen molar-refractivity contribution in [2.45, 2.75) is 20.8 Å². The van der Waals surface area contributed by atoms with E-state index in [0.717, 1.165) is 11.4 Å². The average molecular weight is 393 g/mol. The van der Waals surface area contributed by atoms with Crippen molar-refractivity contribution in [3.05, 3.63) is 71.5 Å². The number of para-hydroxylation sites is 1. The van der Waals surface area contributed by atoms with Crippen molar-refractivity contribution in [3.63, 3.8) is 0 Å². The first-order valence-corrected chi connectivity index (χ1v) is 9.31. The first-order chi connectivity index (χ1) is 14.0. The summed E-state index contributed by atoms with van der Waals surface area (Å²) in [4.78, 5) is 24.4. The molecule has 0 unspecified atom stereocenters. The van der Waals surface area contributed by atoms with Crippen LogP contribution in [0.4, 0.5) is 5.69 Å². The number of aromatic nitrogens is 2. The van der Waals surface area contributed by atoms with E-state index in [1.165, 1.54) is 0 Å².